The van der Waals surface area contributed by atoms with Gasteiger partial charge in [-0.25, -0.2) is 4.98 Å². The van der Waals surface area contributed by atoms with E-state index in [2.05, 4.69) is 24.0 Å². The van der Waals surface area contributed by atoms with E-state index in [-0.39, 0.29) is 16.2 Å². The van der Waals surface area contributed by atoms with Gasteiger partial charge < -0.3 is 9.80 Å². The number of halogens is 2. The van der Waals surface area contributed by atoms with Crippen LogP contribution in [0.1, 0.15) is 23.2 Å². The van der Waals surface area contributed by atoms with Crippen LogP contribution in [0.4, 0.5) is 0 Å². The number of aromatic nitrogens is 1. The van der Waals surface area contributed by atoms with E-state index in [1.165, 1.54) is 0 Å². The smallest absolute Gasteiger partial charge is 0.254 e. The van der Waals surface area contributed by atoms with E-state index in [1.54, 1.807) is 12.1 Å². The van der Waals surface area contributed by atoms with Crippen LogP contribution in [-0.2, 0) is 0 Å². The van der Waals surface area contributed by atoms with Crippen LogP contribution in [0.3, 0.4) is 0 Å². The molecule has 1 aliphatic rings. The summed E-state index contributed by atoms with van der Waals surface area (Å²) in [4.78, 5) is 20.3. The predicted molar refractivity (Wildman–Crippen MR) is 81.4 cm³/mol. The van der Waals surface area contributed by atoms with Gasteiger partial charge in [-0.15, -0.1) is 0 Å². The zero-order valence-electron chi connectivity index (χ0n) is 11.8. The number of pyridine rings is 1. The van der Waals surface area contributed by atoms with Crippen molar-refractivity contribution in [2.45, 2.75) is 12.8 Å². The summed E-state index contributed by atoms with van der Waals surface area (Å²) in [6, 6.07) is 3.14. The Morgan fingerprint density at radius 3 is 2.35 bits per heavy atom. The van der Waals surface area contributed by atoms with Gasteiger partial charge in [-0.05, 0) is 45.0 Å². The van der Waals surface area contributed by atoms with Gasteiger partial charge in [-0.2, -0.15) is 0 Å². The van der Waals surface area contributed by atoms with Gasteiger partial charge in [0, 0.05) is 25.2 Å². The van der Waals surface area contributed by atoms with E-state index < -0.39 is 0 Å². The number of piperidine rings is 1. The molecule has 0 aliphatic carbocycles. The summed E-state index contributed by atoms with van der Waals surface area (Å²) in [5, 5.41) is 0.506. The van der Waals surface area contributed by atoms with Crippen molar-refractivity contribution < 1.29 is 4.79 Å². The molecule has 1 aromatic heterocycles. The van der Waals surface area contributed by atoms with Crippen LogP contribution in [0.15, 0.2) is 12.1 Å². The molecule has 2 rings (SSSR count). The molecule has 0 spiro atoms. The first kappa shape index (κ1) is 15.5. The molecule has 1 aromatic rings. The van der Waals surface area contributed by atoms with E-state index in [0.29, 0.717) is 11.5 Å². The van der Waals surface area contributed by atoms with Crippen molar-refractivity contribution in [3.8, 4) is 0 Å². The minimum atomic E-state index is -0.0143. The van der Waals surface area contributed by atoms with Crippen LogP contribution in [0.5, 0.6) is 0 Å². The second kappa shape index (κ2) is 6.74. The molecule has 2 heterocycles. The number of amides is 1. The second-order valence-electron chi connectivity index (χ2n) is 5.50. The minimum Gasteiger partial charge on any atom is -0.339 e. The van der Waals surface area contributed by atoms with E-state index in [0.717, 1.165) is 32.5 Å². The number of carbonyl (C=O) groups is 1. The molecule has 0 radical (unpaired) electrons. The summed E-state index contributed by atoms with van der Waals surface area (Å²) in [6.07, 6.45) is 2.08. The predicted octanol–water partition coefficient (Wildman–Crippen LogP) is 2.80. The standard InChI is InChI=1S/C14H19Cl2N3O/c1-18(2)9-10-3-5-19(6-4-10)14(20)11-7-12(15)17-13(16)8-11/h7-8,10H,3-6,9H2,1-2H3. The van der Waals surface area contributed by atoms with Gasteiger partial charge in [0.05, 0.1) is 0 Å². The van der Waals surface area contributed by atoms with Crippen LogP contribution in [0, 0.1) is 5.92 Å². The van der Waals surface area contributed by atoms with Gasteiger partial charge >= 0.3 is 0 Å². The average molecular weight is 316 g/mol. The van der Waals surface area contributed by atoms with Crippen molar-refractivity contribution in [3.63, 3.8) is 0 Å². The van der Waals surface area contributed by atoms with Crippen molar-refractivity contribution in [1.82, 2.24) is 14.8 Å². The Hall–Kier alpha value is -0.840. The van der Waals surface area contributed by atoms with Gasteiger partial charge in [0.2, 0.25) is 0 Å². The zero-order valence-corrected chi connectivity index (χ0v) is 13.3. The molecule has 0 aromatic carbocycles. The summed E-state index contributed by atoms with van der Waals surface area (Å²) in [7, 11) is 4.16. The molecule has 1 saturated heterocycles. The molecule has 110 valence electrons. The van der Waals surface area contributed by atoms with Crippen LogP contribution >= 0.6 is 23.2 Å². The van der Waals surface area contributed by atoms with Crippen molar-refractivity contribution in [3.05, 3.63) is 28.0 Å². The maximum absolute atomic E-state index is 12.4. The number of rotatable bonds is 3. The SMILES string of the molecule is CN(C)CC1CCN(C(=O)c2cc(Cl)nc(Cl)c2)CC1. The minimum absolute atomic E-state index is 0.0143. The fraction of sp³-hybridized carbons (Fsp3) is 0.571. The fourth-order valence-corrected chi connectivity index (χ4v) is 3.07. The highest BCUT2D eigenvalue weighted by Crippen LogP contribution is 2.21. The highest BCUT2D eigenvalue weighted by atomic mass is 35.5. The van der Waals surface area contributed by atoms with E-state index >= 15 is 0 Å². The lowest BCUT2D eigenvalue weighted by atomic mass is 9.96. The van der Waals surface area contributed by atoms with E-state index in [1.807, 2.05) is 4.90 Å². The molecule has 0 unspecified atom stereocenters. The monoisotopic (exact) mass is 315 g/mol. The first-order valence-corrected chi connectivity index (χ1v) is 7.48. The van der Waals surface area contributed by atoms with E-state index in [4.69, 9.17) is 23.2 Å². The average Bonchev–Trinajstić information content (AvgIpc) is 2.37. The lowest BCUT2D eigenvalue weighted by molar-refractivity contribution is 0.0678. The zero-order chi connectivity index (χ0) is 14.7. The van der Waals surface area contributed by atoms with Crippen molar-refractivity contribution >= 4 is 29.1 Å². The Bertz CT molecular complexity index is 465. The topological polar surface area (TPSA) is 36.4 Å². The van der Waals surface area contributed by atoms with Crippen LogP contribution in [0.2, 0.25) is 10.3 Å². The maximum Gasteiger partial charge on any atom is 0.254 e. The molecule has 20 heavy (non-hydrogen) atoms. The molecule has 1 aliphatic heterocycles. The summed E-state index contributed by atoms with van der Waals surface area (Å²) >= 11 is 11.7. The number of hydrogen-bond donors (Lipinski definition) is 0. The first-order valence-electron chi connectivity index (χ1n) is 6.73. The van der Waals surface area contributed by atoms with Crippen molar-refractivity contribution in [2.75, 3.05) is 33.7 Å². The molecule has 0 saturated carbocycles. The molecule has 1 fully saturated rings. The molecule has 0 bridgehead atoms. The Balaban J connectivity index is 1.98. The van der Waals surface area contributed by atoms with Gasteiger partial charge in [0.15, 0.2) is 0 Å². The molecule has 6 heteroatoms. The maximum atomic E-state index is 12.4. The number of hydrogen-bond acceptors (Lipinski definition) is 3. The highest BCUT2D eigenvalue weighted by Gasteiger charge is 2.24. The van der Waals surface area contributed by atoms with Gasteiger partial charge in [-0.3, -0.25) is 4.79 Å². The molecular formula is C14H19Cl2N3O. The molecule has 0 atom stereocenters. The van der Waals surface area contributed by atoms with Crippen molar-refractivity contribution in [1.29, 1.82) is 0 Å². The number of carbonyl (C=O) groups excluding carboxylic acids is 1. The summed E-state index contributed by atoms with van der Waals surface area (Å²) < 4.78 is 0. The Morgan fingerprint density at radius 2 is 1.85 bits per heavy atom. The molecule has 1 amide bonds. The second-order valence-corrected chi connectivity index (χ2v) is 6.27. The van der Waals surface area contributed by atoms with Crippen LogP contribution < -0.4 is 0 Å². The normalized spacial score (nSPS) is 16.8. The molecule has 0 N–H and O–H groups in total. The quantitative estimate of drug-likeness (QED) is 0.805. The summed E-state index contributed by atoms with van der Waals surface area (Å²) in [5.41, 5.74) is 0.515. The van der Waals surface area contributed by atoms with Gasteiger partial charge in [-0.1, -0.05) is 23.2 Å². The number of nitrogens with zero attached hydrogens (tertiary/aromatic N) is 3. The Morgan fingerprint density at radius 1 is 1.30 bits per heavy atom. The lowest BCUT2D eigenvalue weighted by Crippen LogP contribution is -2.40. The Labute approximate surface area is 129 Å². The third-order valence-corrected chi connectivity index (χ3v) is 3.92. The van der Waals surface area contributed by atoms with E-state index in [9.17, 15) is 4.79 Å². The Kier molecular flexibility index (Phi) is 5.24. The molecule has 4 nitrogen and oxygen atoms in total. The fourth-order valence-electron chi connectivity index (χ4n) is 2.61. The lowest BCUT2D eigenvalue weighted by Gasteiger charge is -2.33. The third kappa shape index (κ3) is 4.08. The summed E-state index contributed by atoms with van der Waals surface area (Å²) in [6.45, 7) is 2.65. The van der Waals surface area contributed by atoms with Crippen LogP contribution in [-0.4, -0.2) is 54.4 Å². The summed E-state index contributed by atoms with van der Waals surface area (Å²) in [5.74, 6) is 0.651. The third-order valence-electron chi connectivity index (χ3n) is 3.53. The van der Waals surface area contributed by atoms with Crippen LogP contribution in [0.25, 0.3) is 0 Å². The van der Waals surface area contributed by atoms with Crippen molar-refractivity contribution in [2.24, 2.45) is 5.92 Å². The molecular weight excluding hydrogens is 297 g/mol. The van der Waals surface area contributed by atoms with Gasteiger partial charge in [0.1, 0.15) is 10.3 Å². The first-order chi connectivity index (χ1) is 9.45. The largest absolute Gasteiger partial charge is 0.339 e. The number of likely N-dealkylation sites (tertiary alicyclic amines) is 1. The highest BCUT2D eigenvalue weighted by molar-refractivity contribution is 6.33. The van der Waals surface area contributed by atoms with Gasteiger partial charge in [0.25, 0.3) is 5.91 Å².